The van der Waals surface area contributed by atoms with Gasteiger partial charge in [0.05, 0.1) is 11.9 Å². The number of nitrogens with zero attached hydrogens (tertiary/aromatic N) is 2. The molecule has 1 saturated carbocycles. The third-order valence-electron chi connectivity index (χ3n) is 3.39. The van der Waals surface area contributed by atoms with Gasteiger partial charge in [-0.25, -0.2) is 4.98 Å². The summed E-state index contributed by atoms with van der Waals surface area (Å²) < 4.78 is 2.00. The Morgan fingerprint density at radius 3 is 2.88 bits per heavy atom. The summed E-state index contributed by atoms with van der Waals surface area (Å²) in [4.78, 5) is 15.8. The van der Waals surface area contributed by atoms with Gasteiger partial charge in [-0.15, -0.1) is 0 Å². The van der Waals surface area contributed by atoms with E-state index in [4.69, 9.17) is 5.73 Å². The fourth-order valence-corrected chi connectivity index (χ4v) is 2.29. The molecule has 94 valence electrons. The summed E-state index contributed by atoms with van der Waals surface area (Å²) in [5.41, 5.74) is 5.45. The van der Waals surface area contributed by atoms with Crippen LogP contribution in [0.5, 0.6) is 0 Å². The molecule has 1 aliphatic rings. The smallest absolute Gasteiger partial charge is 0.240 e. The zero-order chi connectivity index (χ0) is 12.1. The number of hydrogen-bond donors (Lipinski definition) is 2. The molecule has 0 bridgehead atoms. The van der Waals surface area contributed by atoms with E-state index in [-0.39, 0.29) is 5.91 Å². The van der Waals surface area contributed by atoms with E-state index in [9.17, 15) is 4.79 Å². The van der Waals surface area contributed by atoms with Crippen LogP contribution in [0.2, 0.25) is 0 Å². The van der Waals surface area contributed by atoms with E-state index in [0.29, 0.717) is 6.54 Å². The van der Waals surface area contributed by atoms with Crippen LogP contribution >= 0.6 is 0 Å². The molecular formula is C12H20N4O. The first-order valence-corrected chi connectivity index (χ1v) is 6.24. The molecule has 5 heteroatoms. The van der Waals surface area contributed by atoms with Gasteiger partial charge in [-0.2, -0.15) is 0 Å². The molecule has 0 spiro atoms. The highest BCUT2D eigenvalue weighted by molar-refractivity contribution is 5.86. The molecule has 0 saturated heterocycles. The fourth-order valence-electron chi connectivity index (χ4n) is 2.29. The van der Waals surface area contributed by atoms with Gasteiger partial charge in [0.2, 0.25) is 5.91 Å². The maximum absolute atomic E-state index is 11.9. The molecule has 0 radical (unpaired) electrons. The predicted octanol–water partition coefficient (Wildman–Crippen LogP) is 0.661. The molecule has 0 unspecified atom stereocenters. The summed E-state index contributed by atoms with van der Waals surface area (Å²) in [5.74, 6) is 0.0145. The fraction of sp³-hybridized carbons (Fsp3) is 0.667. The third kappa shape index (κ3) is 3.06. The maximum atomic E-state index is 11.9. The Bertz CT molecular complexity index is 355. The standard InChI is InChI=1S/C12H20N4O/c13-12(4-1-2-5-12)11(17)15-6-3-8-16-9-7-14-10-16/h7,9-10H,1-6,8,13H2,(H,15,17). The van der Waals surface area contributed by atoms with Crippen LogP contribution in [0.15, 0.2) is 18.7 Å². The average Bonchev–Trinajstić information content (AvgIpc) is 2.96. The van der Waals surface area contributed by atoms with E-state index < -0.39 is 5.54 Å². The molecule has 1 aromatic rings. The molecule has 1 aromatic heterocycles. The minimum atomic E-state index is -0.602. The first-order chi connectivity index (χ1) is 8.21. The summed E-state index contributed by atoms with van der Waals surface area (Å²) >= 11 is 0. The van der Waals surface area contributed by atoms with Crippen LogP contribution < -0.4 is 11.1 Å². The Balaban J connectivity index is 1.66. The van der Waals surface area contributed by atoms with E-state index in [0.717, 1.165) is 38.6 Å². The molecule has 0 atom stereocenters. The lowest BCUT2D eigenvalue weighted by atomic mass is 9.98. The first-order valence-electron chi connectivity index (χ1n) is 6.24. The minimum absolute atomic E-state index is 0.0145. The lowest BCUT2D eigenvalue weighted by molar-refractivity contribution is -0.126. The second-order valence-electron chi connectivity index (χ2n) is 4.77. The molecule has 5 nitrogen and oxygen atoms in total. The van der Waals surface area contributed by atoms with Gasteiger partial charge < -0.3 is 15.6 Å². The van der Waals surface area contributed by atoms with Gasteiger partial charge in [0, 0.05) is 25.5 Å². The highest BCUT2D eigenvalue weighted by Gasteiger charge is 2.36. The lowest BCUT2D eigenvalue weighted by Gasteiger charge is -2.22. The minimum Gasteiger partial charge on any atom is -0.354 e. The molecule has 1 fully saturated rings. The zero-order valence-corrected chi connectivity index (χ0v) is 10.1. The molecule has 17 heavy (non-hydrogen) atoms. The van der Waals surface area contributed by atoms with Crippen molar-refractivity contribution in [2.75, 3.05) is 6.54 Å². The maximum Gasteiger partial charge on any atom is 0.240 e. The van der Waals surface area contributed by atoms with E-state index in [1.807, 2.05) is 10.8 Å². The number of hydrogen-bond acceptors (Lipinski definition) is 3. The molecular weight excluding hydrogens is 216 g/mol. The van der Waals surface area contributed by atoms with Crippen molar-refractivity contribution in [3.63, 3.8) is 0 Å². The monoisotopic (exact) mass is 236 g/mol. The van der Waals surface area contributed by atoms with Crippen LogP contribution in [0.25, 0.3) is 0 Å². The van der Waals surface area contributed by atoms with Crippen molar-refractivity contribution in [3.8, 4) is 0 Å². The number of carbonyl (C=O) groups excluding carboxylic acids is 1. The van der Waals surface area contributed by atoms with Crippen LogP contribution in [0.4, 0.5) is 0 Å². The number of nitrogens with two attached hydrogens (primary N) is 1. The summed E-state index contributed by atoms with van der Waals surface area (Å²) in [5, 5.41) is 2.93. The SMILES string of the molecule is NC1(C(=O)NCCCn2ccnc2)CCCC1. The molecule has 0 aromatic carbocycles. The number of carbonyl (C=O) groups is 1. The van der Waals surface area contributed by atoms with Gasteiger partial charge in [-0.1, -0.05) is 12.8 Å². The third-order valence-corrected chi connectivity index (χ3v) is 3.39. The normalized spacial score (nSPS) is 18.2. The number of rotatable bonds is 5. The van der Waals surface area contributed by atoms with Gasteiger partial charge >= 0.3 is 0 Å². The highest BCUT2D eigenvalue weighted by atomic mass is 16.2. The topological polar surface area (TPSA) is 72.9 Å². The Hall–Kier alpha value is -1.36. The van der Waals surface area contributed by atoms with Gasteiger partial charge in [0.1, 0.15) is 0 Å². The number of aromatic nitrogens is 2. The first kappa shape index (κ1) is 12.1. The summed E-state index contributed by atoms with van der Waals surface area (Å²) in [6, 6.07) is 0. The number of imidazole rings is 1. The van der Waals surface area contributed by atoms with E-state index in [1.165, 1.54) is 0 Å². The van der Waals surface area contributed by atoms with Gasteiger partial charge in [0.15, 0.2) is 0 Å². The van der Waals surface area contributed by atoms with Crippen molar-refractivity contribution in [3.05, 3.63) is 18.7 Å². The van der Waals surface area contributed by atoms with Gasteiger partial charge in [0.25, 0.3) is 0 Å². The zero-order valence-electron chi connectivity index (χ0n) is 10.1. The van der Waals surface area contributed by atoms with Crippen LogP contribution in [0.1, 0.15) is 32.1 Å². The van der Waals surface area contributed by atoms with Crippen molar-refractivity contribution in [2.45, 2.75) is 44.2 Å². The molecule has 3 N–H and O–H groups in total. The summed E-state index contributed by atoms with van der Waals surface area (Å²) in [7, 11) is 0. The van der Waals surface area contributed by atoms with Crippen LogP contribution in [0, 0.1) is 0 Å². The van der Waals surface area contributed by atoms with Crippen molar-refractivity contribution in [1.82, 2.24) is 14.9 Å². The van der Waals surface area contributed by atoms with Crippen LogP contribution in [0.3, 0.4) is 0 Å². The van der Waals surface area contributed by atoms with E-state index in [1.54, 1.807) is 12.5 Å². The van der Waals surface area contributed by atoms with Crippen molar-refractivity contribution in [1.29, 1.82) is 0 Å². The lowest BCUT2D eigenvalue weighted by Crippen LogP contribution is -2.52. The van der Waals surface area contributed by atoms with E-state index in [2.05, 4.69) is 10.3 Å². The molecule has 1 heterocycles. The summed E-state index contributed by atoms with van der Waals surface area (Å²) in [6.45, 7) is 1.55. The molecule has 2 rings (SSSR count). The van der Waals surface area contributed by atoms with Crippen LogP contribution in [-0.2, 0) is 11.3 Å². The Morgan fingerprint density at radius 1 is 1.47 bits per heavy atom. The Labute approximate surface area is 101 Å². The number of amides is 1. The second-order valence-corrected chi connectivity index (χ2v) is 4.77. The quantitative estimate of drug-likeness (QED) is 0.738. The Morgan fingerprint density at radius 2 is 2.24 bits per heavy atom. The summed E-state index contributed by atoms with van der Waals surface area (Å²) in [6.07, 6.45) is 10.1. The highest BCUT2D eigenvalue weighted by Crippen LogP contribution is 2.27. The van der Waals surface area contributed by atoms with E-state index >= 15 is 0 Å². The Kier molecular flexibility index (Phi) is 3.78. The average molecular weight is 236 g/mol. The molecule has 1 amide bonds. The predicted molar refractivity (Wildman–Crippen MR) is 65.2 cm³/mol. The van der Waals surface area contributed by atoms with Crippen molar-refractivity contribution < 1.29 is 4.79 Å². The molecule has 0 aliphatic heterocycles. The molecule has 1 aliphatic carbocycles. The van der Waals surface area contributed by atoms with Gasteiger partial charge in [-0.05, 0) is 19.3 Å². The van der Waals surface area contributed by atoms with Crippen molar-refractivity contribution in [2.24, 2.45) is 5.73 Å². The second kappa shape index (κ2) is 5.31. The van der Waals surface area contributed by atoms with Crippen LogP contribution in [-0.4, -0.2) is 27.5 Å². The number of nitrogens with one attached hydrogen (secondary N) is 1. The van der Waals surface area contributed by atoms with Crippen molar-refractivity contribution >= 4 is 5.91 Å². The number of aryl methyl sites for hydroxylation is 1. The largest absolute Gasteiger partial charge is 0.354 e. The van der Waals surface area contributed by atoms with Gasteiger partial charge in [-0.3, -0.25) is 4.79 Å².